The molecule has 88 valence electrons. The fourth-order valence-electron chi connectivity index (χ4n) is 1.44. The first-order valence-electron chi connectivity index (χ1n) is 4.95. The number of aromatic nitrogens is 1. The summed E-state index contributed by atoms with van der Waals surface area (Å²) >= 11 is 3.27. The van der Waals surface area contributed by atoms with Crippen LogP contribution in [-0.4, -0.2) is 13.4 Å². The molecule has 0 spiro atoms. The smallest absolute Gasteiger partial charge is 0.182 e. The predicted molar refractivity (Wildman–Crippen MR) is 69.3 cm³/mol. The van der Waals surface area contributed by atoms with E-state index in [9.17, 15) is 8.42 Å². The number of hydrogen-bond acceptors (Lipinski definition) is 3. The van der Waals surface area contributed by atoms with Gasteiger partial charge < -0.3 is 0 Å². The number of halogens is 1. The summed E-state index contributed by atoms with van der Waals surface area (Å²) < 4.78 is 25.0. The van der Waals surface area contributed by atoms with Crippen molar-refractivity contribution in [2.45, 2.75) is 10.6 Å². The Kier molecular flexibility index (Phi) is 3.59. The number of rotatable bonds is 3. The van der Waals surface area contributed by atoms with E-state index >= 15 is 0 Å². The van der Waals surface area contributed by atoms with Gasteiger partial charge in [-0.15, -0.1) is 0 Å². The summed E-state index contributed by atoms with van der Waals surface area (Å²) in [5, 5.41) is 0. The Bertz CT molecular complexity index is 611. The maximum atomic E-state index is 12.1. The Labute approximate surface area is 109 Å². The second-order valence-electron chi connectivity index (χ2n) is 3.57. The van der Waals surface area contributed by atoms with Gasteiger partial charge >= 0.3 is 0 Å². The van der Waals surface area contributed by atoms with Gasteiger partial charge in [0.25, 0.3) is 0 Å². The van der Waals surface area contributed by atoms with E-state index in [0.29, 0.717) is 4.90 Å². The molecule has 5 heteroatoms. The highest BCUT2D eigenvalue weighted by Crippen LogP contribution is 2.19. The molecule has 0 amide bonds. The number of benzene rings is 1. The normalized spacial score (nSPS) is 11.4. The molecule has 2 rings (SSSR count). The number of sulfone groups is 1. The molecule has 0 radical (unpaired) electrons. The fourth-order valence-corrected chi connectivity index (χ4v) is 3.38. The van der Waals surface area contributed by atoms with Gasteiger partial charge in [-0.3, -0.25) is 4.98 Å². The van der Waals surface area contributed by atoms with Gasteiger partial charge in [0.1, 0.15) is 0 Å². The van der Waals surface area contributed by atoms with Gasteiger partial charge in [-0.2, -0.15) is 0 Å². The lowest BCUT2D eigenvalue weighted by atomic mass is 10.3. The molecule has 0 saturated carbocycles. The first kappa shape index (κ1) is 12.3. The zero-order valence-electron chi connectivity index (χ0n) is 8.88. The second kappa shape index (κ2) is 4.98. The van der Waals surface area contributed by atoms with Gasteiger partial charge in [-0.05, 0) is 35.9 Å². The summed E-state index contributed by atoms with van der Waals surface area (Å²) in [6, 6.07) is 10.1. The lowest BCUT2D eigenvalue weighted by Crippen LogP contribution is -2.04. The first-order chi connectivity index (χ1) is 8.08. The molecular formula is C12H10BrNO2S. The van der Waals surface area contributed by atoms with Crippen molar-refractivity contribution >= 4 is 25.8 Å². The van der Waals surface area contributed by atoms with Crippen LogP contribution < -0.4 is 0 Å². The van der Waals surface area contributed by atoms with Gasteiger partial charge in [0.2, 0.25) is 0 Å². The number of pyridine rings is 1. The fraction of sp³-hybridized carbons (Fsp3) is 0.0833. The largest absolute Gasteiger partial charge is 0.265 e. The molecular weight excluding hydrogens is 302 g/mol. The SMILES string of the molecule is O=S(=O)(Cc1ccncc1)c1cccc(Br)c1. The monoisotopic (exact) mass is 311 g/mol. The van der Waals surface area contributed by atoms with Crippen LogP contribution >= 0.6 is 15.9 Å². The predicted octanol–water partition coefficient (Wildman–Crippen LogP) is 2.82. The molecule has 1 aromatic carbocycles. The van der Waals surface area contributed by atoms with E-state index in [0.717, 1.165) is 10.0 Å². The lowest BCUT2D eigenvalue weighted by molar-refractivity contribution is 0.595. The minimum absolute atomic E-state index is 0.00796. The van der Waals surface area contributed by atoms with E-state index in [-0.39, 0.29) is 5.75 Å². The van der Waals surface area contributed by atoms with Crippen LogP contribution in [0.1, 0.15) is 5.56 Å². The summed E-state index contributed by atoms with van der Waals surface area (Å²) in [6.07, 6.45) is 3.18. The van der Waals surface area contributed by atoms with E-state index in [1.807, 2.05) is 0 Å². The Hall–Kier alpha value is -1.20. The average Bonchev–Trinajstić information content (AvgIpc) is 2.30. The number of hydrogen-bond donors (Lipinski definition) is 0. The molecule has 2 aromatic rings. The van der Waals surface area contributed by atoms with Crippen molar-refractivity contribution in [1.82, 2.24) is 4.98 Å². The minimum atomic E-state index is -3.29. The molecule has 0 fully saturated rings. The van der Waals surface area contributed by atoms with Crippen molar-refractivity contribution in [3.63, 3.8) is 0 Å². The standard InChI is InChI=1S/C12H10BrNO2S/c13-11-2-1-3-12(8-11)17(15,16)9-10-4-6-14-7-5-10/h1-8H,9H2. The first-order valence-corrected chi connectivity index (χ1v) is 7.40. The van der Waals surface area contributed by atoms with Crippen molar-refractivity contribution < 1.29 is 8.42 Å². The lowest BCUT2D eigenvalue weighted by Gasteiger charge is -2.04. The Morgan fingerprint density at radius 2 is 1.82 bits per heavy atom. The van der Waals surface area contributed by atoms with Crippen LogP contribution in [0.2, 0.25) is 0 Å². The molecule has 0 aliphatic heterocycles. The van der Waals surface area contributed by atoms with Gasteiger partial charge in [0, 0.05) is 16.9 Å². The topological polar surface area (TPSA) is 47.0 Å². The van der Waals surface area contributed by atoms with Crippen LogP contribution in [0.5, 0.6) is 0 Å². The molecule has 0 atom stereocenters. The van der Waals surface area contributed by atoms with Gasteiger partial charge in [-0.1, -0.05) is 22.0 Å². The molecule has 0 saturated heterocycles. The molecule has 17 heavy (non-hydrogen) atoms. The van der Waals surface area contributed by atoms with Crippen LogP contribution in [0, 0.1) is 0 Å². The zero-order chi connectivity index (χ0) is 12.3. The van der Waals surface area contributed by atoms with E-state index in [1.165, 1.54) is 0 Å². The third-order valence-corrected chi connectivity index (χ3v) is 4.44. The van der Waals surface area contributed by atoms with Crippen molar-refractivity contribution in [2.24, 2.45) is 0 Å². The molecule has 0 aliphatic carbocycles. The molecule has 3 nitrogen and oxygen atoms in total. The van der Waals surface area contributed by atoms with Crippen molar-refractivity contribution in [3.8, 4) is 0 Å². The summed E-state index contributed by atoms with van der Waals surface area (Å²) in [5.74, 6) is -0.00796. The molecule has 0 unspecified atom stereocenters. The van der Waals surface area contributed by atoms with E-state index in [2.05, 4.69) is 20.9 Å². The third kappa shape index (κ3) is 3.14. The van der Waals surface area contributed by atoms with E-state index < -0.39 is 9.84 Å². The molecule has 0 bridgehead atoms. The van der Waals surface area contributed by atoms with Crippen LogP contribution in [0.25, 0.3) is 0 Å². The van der Waals surface area contributed by atoms with Crippen LogP contribution in [0.3, 0.4) is 0 Å². The highest BCUT2D eigenvalue weighted by Gasteiger charge is 2.15. The Morgan fingerprint density at radius 3 is 2.47 bits per heavy atom. The van der Waals surface area contributed by atoms with Crippen LogP contribution in [0.15, 0.2) is 58.2 Å². The number of nitrogens with zero attached hydrogens (tertiary/aromatic N) is 1. The molecule has 0 N–H and O–H groups in total. The van der Waals surface area contributed by atoms with Crippen molar-refractivity contribution in [2.75, 3.05) is 0 Å². The third-order valence-electron chi connectivity index (χ3n) is 2.26. The van der Waals surface area contributed by atoms with Gasteiger partial charge in [-0.25, -0.2) is 8.42 Å². The van der Waals surface area contributed by atoms with Crippen LogP contribution in [0.4, 0.5) is 0 Å². The second-order valence-corrected chi connectivity index (χ2v) is 6.48. The zero-order valence-corrected chi connectivity index (χ0v) is 11.3. The van der Waals surface area contributed by atoms with Gasteiger partial charge in [0.05, 0.1) is 10.6 Å². The molecule has 1 aromatic heterocycles. The van der Waals surface area contributed by atoms with Crippen molar-refractivity contribution in [1.29, 1.82) is 0 Å². The summed E-state index contributed by atoms with van der Waals surface area (Å²) in [7, 11) is -3.29. The quantitative estimate of drug-likeness (QED) is 0.875. The maximum Gasteiger partial charge on any atom is 0.182 e. The van der Waals surface area contributed by atoms with Crippen molar-refractivity contribution in [3.05, 3.63) is 58.8 Å². The van der Waals surface area contributed by atoms with Gasteiger partial charge in [0.15, 0.2) is 9.84 Å². The van der Waals surface area contributed by atoms with E-state index in [4.69, 9.17) is 0 Å². The summed E-state index contributed by atoms with van der Waals surface area (Å²) in [5.41, 5.74) is 0.736. The Balaban J connectivity index is 2.32. The Morgan fingerprint density at radius 1 is 1.12 bits per heavy atom. The maximum absolute atomic E-state index is 12.1. The molecule has 1 heterocycles. The highest BCUT2D eigenvalue weighted by molar-refractivity contribution is 9.10. The average molecular weight is 312 g/mol. The highest BCUT2D eigenvalue weighted by atomic mass is 79.9. The molecule has 0 aliphatic rings. The minimum Gasteiger partial charge on any atom is -0.265 e. The summed E-state index contributed by atoms with van der Waals surface area (Å²) in [6.45, 7) is 0. The van der Waals surface area contributed by atoms with Crippen LogP contribution in [-0.2, 0) is 15.6 Å². The summed E-state index contributed by atoms with van der Waals surface area (Å²) in [4.78, 5) is 4.18. The van der Waals surface area contributed by atoms with E-state index in [1.54, 1.807) is 48.8 Å².